The maximum Gasteiger partial charge on any atom is 0.123 e. The summed E-state index contributed by atoms with van der Waals surface area (Å²) in [5, 5.41) is 12.3. The highest BCUT2D eigenvalue weighted by molar-refractivity contribution is 7.09. The fourth-order valence-electron chi connectivity index (χ4n) is 3.55. The molecule has 1 N–H and O–H groups in total. The average molecular weight is 384 g/mol. The molecule has 0 atom stereocenters. The van der Waals surface area contributed by atoms with Crippen molar-refractivity contribution in [2.24, 2.45) is 0 Å². The van der Waals surface area contributed by atoms with Gasteiger partial charge in [0.05, 0.1) is 6.61 Å². The van der Waals surface area contributed by atoms with Crippen molar-refractivity contribution >= 4 is 11.3 Å². The summed E-state index contributed by atoms with van der Waals surface area (Å²) in [5.41, 5.74) is 5.91. The minimum atomic E-state index is -0.258. The number of nitrogens with zero attached hydrogens (tertiary/aromatic N) is 1. The van der Waals surface area contributed by atoms with Crippen LogP contribution in [0.3, 0.4) is 0 Å². The van der Waals surface area contributed by atoms with Crippen molar-refractivity contribution in [1.82, 2.24) is 4.98 Å². The first-order chi connectivity index (χ1) is 12.9. The molecule has 1 aromatic carbocycles. The van der Waals surface area contributed by atoms with Crippen molar-refractivity contribution in [2.45, 2.75) is 52.6 Å². The molecule has 0 saturated carbocycles. The molecule has 2 heterocycles. The van der Waals surface area contributed by atoms with E-state index in [2.05, 4.69) is 45.2 Å². The maximum atomic E-state index is 13.5. The van der Waals surface area contributed by atoms with Crippen molar-refractivity contribution < 1.29 is 9.50 Å². The number of hydrogen-bond acceptors (Lipinski definition) is 3. The number of halogens is 1. The van der Waals surface area contributed by atoms with Crippen LogP contribution in [0.5, 0.6) is 0 Å². The highest BCUT2D eigenvalue weighted by Crippen LogP contribution is 2.38. The minimum absolute atomic E-state index is 0.0803. The summed E-state index contributed by atoms with van der Waals surface area (Å²) in [6.07, 6.45) is 0.760. The second-order valence-electron chi connectivity index (χ2n) is 7.44. The Bertz CT molecular complexity index is 899. The fraction of sp³-hybridized carbons (Fsp3) is 0.348. The third-order valence-electron chi connectivity index (χ3n) is 4.78. The van der Waals surface area contributed by atoms with E-state index in [1.165, 1.54) is 17.0 Å². The van der Waals surface area contributed by atoms with Gasteiger partial charge in [-0.2, -0.15) is 0 Å². The standard InChI is InChI=1S/C23H26FNOS/c1-14(2)22-19(12-18-6-5-11-27-18)21(16-7-9-17(24)10-8-16)20(13-26)23(25-22)15(3)4/h5-11,14-15,26H,12-13H2,1-4H3. The van der Waals surface area contributed by atoms with Gasteiger partial charge in [-0.3, -0.25) is 4.98 Å². The highest BCUT2D eigenvalue weighted by Gasteiger charge is 2.23. The first-order valence-corrected chi connectivity index (χ1v) is 10.2. The SMILES string of the molecule is CC(C)c1nc(C(C)C)c(Cc2cccs2)c(-c2ccc(F)cc2)c1CO. The Balaban J connectivity index is 2.34. The molecular formula is C23H26FNOS. The second-order valence-corrected chi connectivity index (χ2v) is 8.48. The van der Waals surface area contributed by atoms with Crippen LogP contribution >= 0.6 is 11.3 Å². The van der Waals surface area contributed by atoms with Crippen LogP contribution in [0.1, 0.15) is 66.9 Å². The molecule has 0 saturated heterocycles. The van der Waals surface area contributed by atoms with Crippen molar-refractivity contribution in [3.8, 4) is 11.1 Å². The van der Waals surface area contributed by atoms with E-state index in [9.17, 15) is 9.50 Å². The Labute approximate surface area is 164 Å². The lowest BCUT2D eigenvalue weighted by Gasteiger charge is -2.24. The lowest BCUT2D eigenvalue weighted by molar-refractivity contribution is 0.279. The van der Waals surface area contributed by atoms with Gasteiger partial charge >= 0.3 is 0 Å². The summed E-state index contributed by atoms with van der Waals surface area (Å²) in [4.78, 5) is 6.25. The zero-order chi connectivity index (χ0) is 19.6. The zero-order valence-electron chi connectivity index (χ0n) is 16.3. The van der Waals surface area contributed by atoms with Crippen LogP contribution < -0.4 is 0 Å². The van der Waals surface area contributed by atoms with Crippen LogP contribution in [0, 0.1) is 5.82 Å². The molecule has 0 aliphatic carbocycles. The summed E-state index contributed by atoms with van der Waals surface area (Å²) < 4.78 is 13.5. The average Bonchev–Trinajstić information content (AvgIpc) is 3.14. The summed E-state index contributed by atoms with van der Waals surface area (Å²) in [7, 11) is 0. The molecule has 3 aromatic rings. The molecule has 0 aliphatic rings. The second kappa shape index (κ2) is 8.32. The van der Waals surface area contributed by atoms with Gasteiger partial charge in [0.15, 0.2) is 0 Å². The molecule has 0 aliphatic heterocycles. The van der Waals surface area contributed by atoms with E-state index in [0.717, 1.165) is 40.1 Å². The molecule has 2 nitrogen and oxygen atoms in total. The zero-order valence-corrected chi connectivity index (χ0v) is 17.1. The number of benzene rings is 1. The van der Waals surface area contributed by atoms with Crippen LogP contribution in [0.15, 0.2) is 41.8 Å². The number of rotatable bonds is 6. The van der Waals surface area contributed by atoms with Crippen LogP contribution in [-0.2, 0) is 13.0 Å². The molecule has 142 valence electrons. The van der Waals surface area contributed by atoms with Crippen LogP contribution in [0.25, 0.3) is 11.1 Å². The summed E-state index contributed by atoms with van der Waals surface area (Å²) >= 11 is 1.72. The molecular weight excluding hydrogens is 357 g/mol. The molecule has 0 amide bonds. The topological polar surface area (TPSA) is 33.1 Å². The lowest BCUT2D eigenvalue weighted by Crippen LogP contribution is -2.12. The van der Waals surface area contributed by atoms with Gasteiger partial charge in [-0.05, 0) is 52.1 Å². The van der Waals surface area contributed by atoms with E-state index in [1.54, 1.807) is 23.5 Å². The molecule has 27 heavy (non-hydrogen) atoms. The van der Waals surface area contributed by atoms with Gasteiger partial charge < -0.3 is 5.11 Å². The third-order valence-corrected chi connectivity index (χ3v) is 5.66. The van der Waals surface area contributed by atoms with E-state index >= 15 is 0 Å². The van der Waals surface area contributed by atoms with Crippen molar-refractivity contribution in [3.05, 3.63) is 75.0 Å². The Hall–Kier alpha value is -2.04. The van der Waals surface area contributed by atoms with E-state index in [4.69, 9.17) is 4.98 Å². The molecule has 0 radical (unpaired) electrons. The Kier molecular flexibility index (Phi) is 6.08. The number of aliphatic hydroxyl groups excluding tert-OH is 1. The van der Waals surface area contributed by atoms with Gasteiger partial charge in [0.2, 0.25) is 0 Å². The summed E-state index contributed by atoms with van der Waals surface area (Å²) in [6, 6.07) is 10.7. The maximum absolute atomic E-state index is 13.5. The van der Waals surface area contributed by atoms with E-state index in [1.807, 2.05) is 0 Å². The first-order valence-electron chi connectivity index (χ1n) is 9.37. The smallest absolute Gasteiger partial charge is 0.123 e. The highest BCUT2D eigenvalue weighted by atomic mass is 32.1. The predicted molar refractivity (Wildman–Crippen MR) is 111 cm³/mol. The number of aromatic nitrogens is 1. The van der Waals surface area contributed by atoms with Gasteiger partial charge in [-0.1, -0.05) is 45.9 Å². The number of thiophene rings is 1. The summed E-state index contributed by atoms with van der Waals surface area (Å²) in [6.45, 7) is 8.41. The summed E-state index contributed by atoms with van der Waals surface area (Å²) in [5.74, 6) is 0.190. The molecule has 0 fully saturated rings. The molecule has 0 unspecified atom stereocenters. The monoisotopic (exact) mass is 383 g/mol. The van der Waals surface area contributed by atoms with E-state index in [0.29, 0.717) is 0 Å². The minimum Gasteiger partial charge on any atom is -0.392 e. The van der Waals surface area contributed by atoms with Gasteiger partial charge in [-0.15, -0.1) is 11.3 Å². The normalized spacial score (nSPS) is 11.6. The molecule has 4 heteroatoms. The largest absolute Gasteiger partial charge is 0.392 e. The van der Waals surface area contributed by atoms with Crippen molar-refractivity contribution in [3.63, 3.8) is 0 Å². The number of aliphatic hydroxyl groups is 1. The quantitative estimate of drug-likeness (QED) is 0.543. The van der Waals surface area contributed by atoms with Gasteiger partial charge in [0.1, 0.15) is 5.82 Å². The van der Waals surface area contributed by atoms with Crippen LogP contribution in [-0.4, -0.2) is 10.1 Å². The number of hydrogen-bond donors (Lipinski definition) is 1. The third kappa shape index (κ3) is 4.12. The molecule has 3 rings (SSSR count). The molecule has 2 aromatic heterocycles. The molecule has 0 bridgehead atoms. The predicted octanol–water partition coefficient (Wildman–Crippen LogP) is 6.28. The molecule has 0 spiro atoms. The van der Waals surface area contributed by atoms with Crippen LogP contribution in [0.4, 0.5) is 4.39 Å². The number of pyridine rings is 1. The fourth-order valence-corrected chi connectivity index (χ4v) is 4.27. The Morgan fingerprint density at radius 2 is 1.59 bits per heavy atom. The van der Waals surface area contributed by atoms with Gasteiger partial charge in [0.25, 0.3) is 0 Å². The van der Waals surface area contributed by atoms with Gasteiger partial charge in [-0.25, -0.2) is 4.39 Å². The van der Waals surface area contributed by atoms with Gasteiger partial charge in [0, 0.05) is 28.2 Å². The van der Waals surface area contributed by atoms with E-state index in [-0.39, 0.29) is 24.3 Å². The van der Waals surface area contributed by atoms with Crippen molar-refractivity contribution in [1.29, 1.82) is 0 Å². The first kappa shape index (κ1) is 19.7. The van der Waals surface area contributed by atoms with Crippen LogP contribution in [0.2, 0.25) is 0 Å². The lowest BCUT2D eigenvalue weighted by atomic mass is 9.86. The van der Waals surface area contributed by atoms with Crippen molar-refractivity contribution in [2.75, 3.05) is 0 Å². The Morgan fingerprint density at radius 1 is 0.963 bits per heavy atom. The Morgan fingerprint density at radius 3 is 2.11 bits per heavy atom. The van der Waals surface area contributed by atoms with E-state index < -0.39 is 0 Å².